The van der Waals surface area contributed by atoms with Crippen molar-refractivity contribution < 1.29 is 18.5 Å². The van der Waals surface area contributed by atoms with E-state index in [9.17, 15) is 9.46 Å². The molecule has 0 aromatic rings. The molecule has 0 saturated carbocycles. The summed E-state index contributed by atoms with van der Waals surface area (Å²) >= 11 is 0. The lowest BCUT2D eigenvalue weighted by Gasteiger charge is -2.21. The van der Waals surface area contributed by atoms with Gasteiger partial charge in [-0.15, -0.1) is 0 Å². The summed E-state index contributed by atoms with van der Waals surface area (Å²) in [5.41, 5.74) is 0. The summed E-state index contributed by atoms with van der Waals surface area (Å²) in [5.74, 6) is 1.41. The van der Waals surface area contributed by atoms with Gasteiger partial charge in [0, 0.05) is 0 Å². The number of phosphoric ester groups is 1. The van der Waals surface area contributed by atoms with Gasteiger partial charge in [-0.25, -0.2) is 4.57 Å². The van der Waals surface area contributed by atoms with Crippen LogP contribution in [0.15, 0.2) is 0 Å². The highest BCUT2D eigenvalue weighted by molar-refractivity contribution is 7.47. The molecule has 0 heterocycles. The molecule has 0 aromatic carbocycles. The van der Waals surface area contributed by atoms with Crippen molar-refractivity contribution in [2.45, 2.75) is 105 Å². The monoisotopic (exact) mass is 350 g/mol. The molecule has 0 fully saturated rings. The molecule has 0 radical (unpaired) electrons. The Bertz CT molecular complexity index is 303. The molecule has 2 unspecified atom stereocenters. The number of hydrogen-bond donors (Lipinski definition) is 1. The smallest absolute Gasteiger partial charge is 0.302 e. The van der Waals surface area contributed by atoms with Gasteiger partial charge in [-0.3, -0.25) is 9.05 Å². The second-order valence-electron chi connectivity index (χ2n) is 7.66. The third-order valence-electron chi connectivity index (χ3n) is 3.91. The maximum atomic E-state index is 12.0. The lowest BCUT2D eigenvalue weighted by atomic mass is 10.0. The van der Waals surface area contributed by atoms with Crippen molar-refractivity contribution in [3.63, 3.8) is 0 Å². The van der Waals surface area contributed by atoms with Crippen LogP contribution in [0.4, 0.5) is 0 Å². The number of rotatable bonds is 14. The average molecular weight is 350 g/mol. The molecule has 5 heteroatoms. The molecular formula is C18H39O4P. The summed E-state index contributed by atoms with van der Waals surface area (Å²) in [6.45, 7) is 12.5. The number of hydrogen-bond acceptors (Lipinski definition) is 3. The SMILES string of the molecule is CC(C)CCCCC(C)OP(=O)(O)OC(C)CCCCC(C)C. The standard InChI is InChI=1S/C18H39O4P/c1-15(2)11-7-9-13-17(5)21-23(19,20)22-18(6)14-10-8-12-16(3)4/h15-18H,7-14H2,1-6H3,(H,19,20). The Labute approximate surface area is 144 Å². The van der Waals surface area contributed by atoms with Crippen LogP contribution in [0.25, 0.3) is 0 Å². The Morgan fingerprint density at radius 2 is 1.00 bits per heavy atom. The molecule has 0 saturated heterocycles. The predicted molar refractivity (Wildman–Crippen MR) is 97.5 cm³/mol. The predicted octanol–water partition coefficient (Wildman–Crippen LogP) is 6.33. The first-order valence-electron chi connectivity index (χ1n) is 9.32. The fraction of sp³-hybridized carbons (Fsp3) is 1.00. The minimum atomic E-state index is -3.94. The summed E-state index contributed by atoms with van der Waals surface area (Å²) < 4.78 is 22.5. The average Bonchev–Trinajstić information content (AvgIpc) is 2.38. The zero-order chi connectivity index (χ0) is 17.9. The van der Waals surface area contributed by atoms with Gasteiger partial charge in [-0.05, 0) is 38.5 Å². The largest absolute Gasteiger partial charge is 0.472 e. The highest BCUT2D eigenvalue weighted by Gasteiger charge is 2.26. The number of unbranched alkanes of at least 4 members (excludes halogenated alkanes) is 2. The van der Waals surface area contributed by atoms with Crippen LogP contribution in [0.5, 0.6) is 0 Å². The second-order valence-corrected chi connectivity index (χ2v) is 9.02. The Morgan fingerprint density at radius 1 is 0.696 bits per heavy atom. The van der Waals surface area contributed by atoms with Gasteiger partial charge < -0.3 is 4.89 Å². The van der Waals surface area contributed by atoms with E-state index in [2.05, 4.69) is 27.7 Å². The van der Waals surface area contributed by atoms with Crippen LogP contribution < -0.4 is 0 Å². The fourth-order valence-corrected chi connectivity index (χ4v) is 3.72. The Balaban J connectivity index is 3.90. The van der Waals surface area contributed by atoms with Crippen LogP contribution in [0.2, 0.25) is 0 Å². The summed E-state index contributed by atoms with van der Waals surface area (Å²) in [6, 6.07) is 0. The Kier molecular flexibility index (Phi) is 12.5. The Morgan fingerprint density at radius 3 is 1.30 bits per heavy atom. The van der Waals surface area contributed by atoms with E-state index in [4.69, 9.17) is 9.05 Å². The van der Waals surface area contributed by atoms with Crippen molar-refractivity contribution in [1.29, 1.82) is 0 Å². The Hall–Kier alpha value is 0.110. The van der Waals surface area contributed by atoms with Crippen LogP contribution in [0.3, 0.4) is 0 Å². The van der Waals surface area contributed by atoms with Crippen molar-refractivity contribution in [3.8, 4) is 0 Å². The maximum absolute atomic E-state index is 12.0. The first-order valence-corrected chi connectivity index (χ1v) is 10.8. The van der Waals surface area contributed by atoms with Crippen molar-refractivity contribution in [2.24, 2.45) is 11.8 Å². The van der Waals surface area contributed by atoms with Crippen LogP contribution in [-0.2, 0) is 13.6 Å². The first-order chi connectivity index (χ1) is 10.6. The van der Waals surface area contributed by atoms with Gasteiger partial charge in [0.25, 0.3) is 0 Å². The molecule has 0 aliphatic heterocycles. The second kappa shape index (κ2) is 12.5. The molecule has 0 rings (SSSR count). The van der Waals surface area contributed by atoms with Crippen molar-refractivity contribution in [1.82, 2.24) is 0 Å². The molecule has 0 aliphatic carbocycles. The molecule has 4 nitrogen and oxygen atoms in total. The minimum absolute atomic E-state index is 0.244. The molecule has 23 heavy (non-hydrogen) atoms. The fourth-order valence-electron chi connectivity index (χ4n) is 2.55. The quantitative estimate of drug-likeness (QED) is 0.294. The van der Waals surface area contributed by atoms with Gasteiger partial charge >= 0.3 is 7.82 Å². The zero-order valence-corrected chi connectivity index (χ0v) is 17.0. The van der Waals surface area contributed by atoms with E-state index in [1.807, 2.05) is 13.8 Å². The normalized spacial score (nSPS) is 17.4. The minimum Gasteiger partial charge on any atom is -0.302 e. The summed E-state index contributed by atoms with van der Waals surface area (Å²) in [5, 5.41) is 0. The van der Waals surface area contributed by atoms with Gasteiger partial charge in [0.15, 0.2) is 0 Å². The van der Waals surface area contributed by atoms with E-state index < -0.39 is 7.82 Å². The molecule has 0 spiro atoms. The van der Waals surface area contributed by atoms with Crippen molar-refractivity contribution in [3.05, 3.63) is 0 Å². The number of phosphoric acid groups is 1. The van der Waals surface area contributed by atoms with Gasteiger partial charge in [-0.2, -0.15) is 0 Å². The van der Waals surface area contributed by atoms with Crippen LogP contribution in [0.1, 0.15) is 92.9 Å². The zero-order valence-electron chi connectivity index (χ0n) is 16.1. The van der Waals surface area contributed by atoms with Gasteiger partial charge in [0.1, 0.15) is 0 Å². The molecule has 0 amide bonds. The molecular weight excluding hydrogens is 311 g/mol. The van der Waals surface area contributed by atoms with Crippen LogP contribution in [0, 0.1) is 11.8 Å². The summed E-state index contributed by atoms with van der Waals surface area (Å²) in [7, 11) is -3.94. The van der Waals surface area contributed by atoms with E-state index in [0.29, 0.717) is 11.8 Å². The highest BCUT2D eigenvalue weighted by Crippen LogP contribution is 2.47. The van der Waals surface area contributed by atoms with E-state index >= 15 is 0 Å². The molecule has 0 bridgehead atoms. The third kappa shape index (κ3) is 15.4. The summed E-state index contributed by atoms with van der Waals surface area (Å²) in [4.78, 5) is 9.86. The van der Waals surface area contributed by atoms with Gasteiger partial charge in [0.05, 0.1) is 12.2 Å². The van der Waals surface area contributed by atoms with Crippen molar-refractivity contribution >= 4 is 7.82 Å². The molecule has 1 N–H and O–H groups in total. The van der Waals surface area contributed by atoms with Crippen LogP contribution in [-0.4, -0.2) is 17.1 Å². The topological polar surface area (TPSA) is 55.8 Å². The lowest BCUT2D eigenvalue weighted by Crippen LogP contribution is -2.12. The molecule has 140 valence electrons. The highest BCUT2D eigenvalue weighted by atomic mass is 31.2. The maximum Gasteiger partial charge on any atom is 0.472 e. The van der Waals surface area contributed by atoms with Crippen LogP contribution >= 0.6 is 7.82 Å². The molecule has 0 aromatic heterocycles. The van der Waals surface area contributed by atoms with E-state index in [1.165, 1.54) is 12.8 Å². The molecule has 0 aliphatic rings. The lowest BCUT2D eigenvalue weighted by molar-refractivity contribution is 0.0779. The van der Waals surface area contributed by atoms with E-state index in [-0.39, 0.29) is 12.2 Å². The van der Waals surface area contributed by atoms with E-state index in [1.54, 1.807) is 0 Å². The van der Waals surface area contributed by atoms with Gasteiger partial charge in [-0.1, -0.05) is 66.2 Å². The van der Waals surface area contributed by atoms with Crippen molar-refractivity contribution in [2.75, 3.05) is 0 Å². The first kappa shape index (κ1) is 23.1. The molecule has 2 atom stereocenters. The van der Waals surface area contributed by atoms with Gasteiger partial charge in [0.2, 0.25) is 0 Å². The summed E-state index contributed by atoms with van der Waals surface area (Å²) in [6.07, 6.45) is 7.78. The van der Waals surface area contributed by atoms with E-state index in [0.717, 1.165) is 38.5 Å². The third-order valence-corrected chi connectivity index (χ3v) is 5.16.